The van der Waals surface area contributed by atoms with Crippen LogP contribution in [0.5, 0.6) is 5.75 Å². The van der Waals surface area contributed by atoms with Gasteiger partial charge in [-0.15, -0.1) is 0 Å². The number of anilines is 1. The fourth-order valence-electron chi connectivity index (χ4n) is 3.22. The summed E-state index contributed by atoms with van der Waals surface area (Å²) < 4.78 is 10.7. The molecule has 1 N–H and O–H groups in total. The maximum absolute atomic E-state index is 12.5. The van der Waals surface area contributed by atoms with Crippen LogP contribution in [0.25, 0.3) is 0 Å². The van der Waals surface area contributed by atoms with E-state index in [4.69, 9.17) is 9.26 Å². The van der Waals surface area contributed by atoms with Crippen molar-refractivity contribution in [1.82, 2.24) is 15.0 Å². The average molecular weight is 386 g/mol. The molecule has 1 fully saturated rings. The van der Waals surface area contributed by atoms with Crippen LogP contribution in [0.4, 0.5) is 5.82 Å². The van der Waals surface area contributed by atoms with Gasteiger partial charge in [0, 0.05) is 32.2 Å². The second-order valence-electron chi connectivity index (χ2n) is 7.04. The number of aromatic nitrogens is 1. The van der Waals surface area contributed by atoms with E-state index in [9.17, 15) is 9.59 Å². The van der Waals surface area contributed by atoms with Crippen molar-refractivity contribution in [3.8, 4) is 5.75 Å². The predicted octanol–water partition coefficient (Wildman–Crippen LogP) is 1.76. The van der Waals surface area contributed by atoms with Crippen molar-refractivity contribution in [1.29, 1.82) is 0 Å². The second-order valence-corrected chi connectivity index (χ2v) is 7.04. The van der Waals surface area contributed by atoms with E-state index in [1.54, 1.807) is 17.9 Å². The maximum Gasteiger partial charge on any atom is 0.260 e. The van der Waals surface area contributed by atoms with Gasteiger partial charge in [-0.25, -0.2) is 0 Å². The Labute approximate surface area is 164 Å². The Morgan fingerprint density at radius 3 is 2.43 bits per heavy atom. The molecule has 3 rings (SSSR count). The van der Waals surface area contributed by atoms with E-state index >= 15 is 0 Å². The average Bonchev–Trinajstić information content (AvgIpc) is 3.06. The summed E-state index contributed by atoms with van der Waals surface area (Å²) in [4.78, 5) is 28.3. The zero-order valence-corrected chi connectivity index (χ0v) is 16.5. The van der Waals surface area contributed by atoms with Gasteiger partial charge < -0.3 is 19.5 Å². The molecule has 28 heavy (non-hydrogen) atoms. The highest BCUT2D eigenvalue weighted by molar-refractivity contribution is 5.91. The molecular weight excluding hydrogens is 360 g/mol. The molecule has 2 amide bonds. The molecule has 8 nitrogen and oxygen atoms in total. The summed E-state index contributed by atoms with van der Waals surface area (Å²) in [6, 6.07) is 7.58. The van der Waals surface area contributed by atoms with E-state index in [1.807, 2.05) is 36.9 Å². The first-order valence-corrected chi connectivity index (χ1v) is 9.34. The van der Waals surface area contributed by atoms with Gasteiger partial charge in [0.25, 0.3) is 5.91 Å². The fraction of sp³-hybridized carbons (Fsp3) is 0.450. The number of amides is 2. The van der Waals surface area contributed by atoms with Gasteiger partial charge in [-0.05, 0) is 31.9 Å². The number of para-hydroxylation sites is 1. The number of hydrogen-bond acceptors (Lipinski definition) is 6. The Hall–Kier alpha value is -2.87. The van der Waals surface area contributed by atoms with Gasteiger partial charge in [-0.1, -0.05) is 23.4 Å². The van der Waals surface area contributed by atoms with Gasteiger partial charge in [0.05, 0.1) is 6.54 Å². The molecule has 0 radical (unpaired) electrons. The first-order valence-electron chi connectivity index (χ1n) is 9.34. The molecule has 8 heteroatoms. The third-order valence-corrected chi connectivity index (χ3v) is 4.74. The van der Waals surface area contributed by atoms with Gasteiger partial charge in [0.2, 0.25) is 5.91 Å². The lowest BCUT2D eigenvalue weighted by atomic mass is 10.1. The molecule has 0 atom stereocenters. The van der Waals surface area contributed by atoms with Gasteiger partial charge in [-0.2, -0.15) is 0 Å². The molecule has 0 saturated carbocycles. The zero-order valence-electron chi connectivity index (χ0n) is 16.5. The summed E-state index contributed by atoms with van der Waals surface area (Å²) >= 11 is 0. The first kappa shape index (κ1) is 19.9. The Balaban J connectivity index is 1.42. The molecule has 0 unspecified atom stereocenters. The van der Waals surface area contributed by atoms with Crippen LogP contribution in [-0.4, -0.2) is 66.1 Å². The van der Waals surface area contributed by atoms with Crippen molar-refractivity contribution in [2.24, 2.45) is 0 Å². The van der Waals surface area contributed by atoms with Gasteiger partial charge in [-0.3, -0.25) is 14.5 Å². The molecular formula is C20H26N4O4. The number of carbonyl (C=O) groups excluding carboxylic acids is 2. The normalized spacial score (nSPS) is 14.8. The van der Waals surface area contributed by atoms with Crippen LogP contribution in [-0.2, 0) is 9.59 Å². The summed E-state index contributed by atoms with van der Waals surface area (Å²) in [6.07, 6.45) is 0. The van der Waals surface area contributed by atoms with Crippen LogP contribution in [0, 0.1) is 20.8 Å². The van der Waals surface area contributed by atoms with Crippen LogP contribution in [0.15, 0.2) is 28.8 Å². The molecule has 1 aliphatic rings. The molecule has 0 aliphatic carbocycles. The quantitative estimate of drug-likeness (QED) is 0.814. The van der Waals surface area contributed by atoms with E-state index in [-0.39, 0.29) is 25.0 Å². The van der Waals surface area contributed by atoms with Crippen LogP contribution in [0.3, 0.4) is 0 Å². The van der Waals surface area contributed by atoms with Crippen molar-refractivity contribution in [2.45, 2.75) is 20.8 Å². The summed E-state index contributed by atoms with van der Waals surface area (Å²) in [5.74, 6) is 1.65. The molecule has 1 aromatic carbocycles. The highest BCUT2D eigenvalue weighted by atomic mass is 16.5. The SMILES string of the molecule is Cc1cc(NC(=O)CN2CCN(C(=O)COc3c(C)cccc3C)CC2)no1. The number of aryl methyl sites for hydroxylation is 3. The summed E-state index contributed by atoms with van der Waals surface area (Å²) in [6.45, 7) is 8.42. The van der Waals surface area contributed by atoms with Crippen LogP contribution >= 0.6 is 0 Å². The van der Waals surface area contributed by atoms with E-state index in [0.717, 1.165) is 16.9 Å². The molecule has 0 bridgehead atoms. The Morgan fingerprint density at radius 1 is 1.14 bits per heavy atom. The van der Waals surface area contributed by atoms with Crippen molar-refractivity contribution < 1.29 is 18.8 Å². The highest BCUT2D eigenvalue weighted by Gasteiger charge is 2.23. The third kappa shape index (κ3) is 5.10. The summed E-state index contributed by atoms with van der Waals surface area (Å²) in [7, 11) is 0. The monoisotopic (exact) mass is 386 g/mol. The van der Waals surface area contributed by atoms with E-state index in [0.29, 0.717) is 37.8 Å². The summed E-state index contributed by atoms with van der Waals surface area (Å²) in [5, 5.41) is 6.46. The smallest absolute Gasteiger partial charge is 0.260 e. The number of piperazine rings is 1. The lowest BCUT2D eigenvalue weighted by molar-refractivity contribution is -0.135. The lowest BCUT2D eigenvalue weighted by Gasteiger charge is -2.34. The maximum atomic E-state index is 12.5. The molecule has 1 aliphatic heterocycles. The number of hydrogen-bond donors (Lipinski definition) is 1. The number of ether oxygens (including phenoxy) is 1. The second kappa shape index (κ2) is 8.88. The summed E-state index contributed by atoms with van der Waals surface area (Å²) in [5.41, 5.74) is 2.04. The highest BCUT2D eigenvalue weighted by Crippen LogP contribution is 2.22. The molecule has 1 saturated heterocycles. The van der Waals surface area contributed by atoms with E-state index in [2.05, 4.69) is 10.5 Å². The minimum atomic E-state index is -0.147. The van der Waals surface area contributed by atoms with Crippen molar-refractivity contribution >= 4 is 17.6 Å². The Bertz CT molecular complexity index is 820. The standard InChI is InChI=1S/C20H26N4O4/c1-14-5-4-6-15(2)20(14)27-13-19(26)24-9-7-23(8-10-24)12-18(25)21-17-11-16(3)28-22-17/h4-6,11H,7-10,12-13H2,1-3H3,(H,21,22,25). The number of nitrogens with zero attached hydrogens (tertiary/aromatic N) is 3. The predicted molar refractivity (Wildman–Crippen MR) is 104 cm³/mol. The van der Waals surface area contributed by atoms with Crippen molar-refractivity contribution in [2.75, 3.05) is 44.6 Å². The van der Waals surface area contributed by atoms with Crippen molar-refractivity contribution in [3.05, 3.63) is 41.2 Å². The number of carbonyl (C=O) groups is 2. The Morgan fingerprint density at radius 2 is 1.82 bits per heavy atom. The molecule has 2 aromatic rings. The molecule has 2 heterocycles. The lowest BCUT2D eigenvalue weighted by Crippen LogP contribution is -2.51. The van der Waals surface area contributed by atoms with Crippen LogP contribution in [0.2, 0.25) is 0 Å². The molecule has 0 spiro atoms. The van der Waals surface area contributed by atoms with E-state index in [1.165, 1.54) is 0 Å². The topological polar surface area (TPSA) is 87.9 Å². The fourth-order valence-corrected chi connectivity index (χ4v) is 3.22. The van der Waals surface area contributed by atoms with Gasteiger partial charge >= 0.3 is 0 Å². The van der Waals surface area contributed by atoms with Gasteiger partial charge in [0.15, 0.2) is 12.4 Å². The third-order valence-electron chi connectivity index (χ3n) is 4.74. The zero-order chi connectivity index (χ0) is 20.1. The number of nitrogens with one attached hydrogen (secondary N) is 1. The number of benzene rings is 1. The van der Waals surface area contributed by atoms with E-state index < -0.39 is 0 Å². The molecule has 1 aromatic heterocycles. The van der Waals surface area contributed by atoms with Crippen LogP contribution in [0.1, 0.15) is 16.9 Å². The first-order chi connectivity index (χ1) is 13.4. The minimum Gasteiger partial charge on any atom is -0.483 e. The van der Waals surface area contributed by atoms with Crippen molar-refractivity contribution in [3.63, 3.8) is 0 Å². The minimum absolute atomic E-state index is 0.0255. The number of rotatable bonds is 6. The van der Waals surface area contributed by atoms with Crippen LogP contribution < -0.4 is 10.1 Å². The molecule has 150 valence electrons. The Kier molecular flexibility index (Phi) is 6.30. The largest absolute Gasteiger partial charge is 0.483 e. The van der Waals surface area contributed by atoms with Gasteiger partial charge in [0.1, 0.15) is 11.5 Å².